The van der Waals surface area contributed by atoms with Crippen molar-refractivity contribution >= 4 is 21.6 Å². The lowest BCUT2D eigenvalue weighted by molar-refractivity contribution is -0.137. The first-order valence-corrected chi connectivity index (χ1v) is 10.5. The van der Waals surface area contributed by atoms with Crippen LogP contribution < -0.4 is 10.4 Å². The maximum atomic E-state index is 13.2. The predicted octanol–water partition coefficient (Wildman–Crippen LogP) is 1.21. The van der Waals surface area contributed by atoms with Crippen LogP contribution in [0, 0.1) is 0 Å². The molecule has 0 saturated carbocycles. The molecule has 2 N–H and O–H groups in total. The number of hydroxylamine groups is 1. The average molecular weight is 437 g/mol. The molecule has 1 aromatic rings. The van der Waals surface area contributed by atoms with E-state index in [1.54, 1.807) is 11.0 Å². The lowest BCUT2D eigenvalue weighted by Crippen LogP contribution is -2.62. The third-order valence-corrected chi connectivity index (χ3v) is 8.05. The Morgan fingerprint density at radius 3 is 2.31 bits per heavy atom. The molecule has 1 aromatic carbocycles. The Balaban J connectivity index is 1.77. The minimum Gasteiger partial charge on any atom is -0.381 e. The Bertz CT molecular complexity index is 848. The first-order chi connectivity index (χ1) is 13.6. The average Bonchev–Trinajstić information content (AvgIpc) is 2.73. The second kappa shape index (κ2) is 8.09. The molecule has 2 fully saturated rings. The largest absolute Gasteiger partial charge is 0.416 e. The lowest BCUT2D eigenvalue weighted by atomic mass is 9.98. The fraction of sp³-hybridized carbons (Fsp3) is 0.588. The second-order valence-corrected chi connectivity index (χ2v) is 9.23. The van der Waals surface area contributed by atoms with Crippen LogP contribution in [0.4, 0.5) is 18.9 Å². The number of sulfonamides is 1. The van der Waals surface area contributed by atoms with Gasteiger partial charge in [-0.3, -0.25) is 10.0 Å². The van der Waals surface area contributed by atoms with E-state index in [9.17, 15) is 26.4 Å². The summed E-state index contributed by atoms with van der Waals surface area (Å²) in [5, 5.41) is 9.07. The normalized spacial score (nSPS) is 21.0. The standard InChI is InChI=1S/C17H22F3N3O5S/c18-17(19,20)13-2-1-3-14(12-13)22-6-8-23(9-7-22)29(26,27)16(15(24)21-25)4-10-28-11-5-16/h1-3,12,25H,4-11H2,(H,21,24). The minimum atomic E-state index is -4.46. The van der Waals surface area contributed by atoms with Crippen molar-refractivity contribution in [3.05, 3.63) is 29.8 Å². The zero-order valence-corrected chi connectivity index (χ0v) is 16.3. The Morgan fingerprint density at radius 2 is 1.76 bits per heavy atom. The van der Waals surface area contributed by atoms with Crippen molar-refractivity contribution in [2.45, 2.75) is 23.8 Å². The van der Waals surface area contributed by atoms with E-state index in [1.807, 2.05) is 0 Å². The van der Waals surface area contributed by atoms with E-state index in [-0.39, 0.29) is 52.2 Å². The summed E-state index contributed by atoms with van der Waals surface area (Å²) < 4.78 is 69.8. The van der Waals surface area contributed by atoms with Crippen molar-refractivity contribution in [2.75, 3.05) is 44.3 Å². The van der Waals surface area contributed by atoms with Crippen LogP contribution in [0.2, 0.25) is 0 Å². The molecule has 0 bridgehead atoms. The predicted molar refractivity (Wildman–Crippen MR) is 96.9 cm³/mol. The molecule has 3 rings (SSSR count). The highest BCUT2D eigenvalue weighted by molar-refractivity contribution is 7.91. The summed E-state index contributed by atoms with van der Waals surface area (Å²) in [6.07, 6.45) is -4.64. The van der Waals surface area contributed by atoms with Gasteiger partial charge in [0, 0.05) is 57.9 Å². The topological polar surface area (TPSA) is 99.2 Å². The van der Waals surface area contributed by atoms with Gasteiger partial charge in [0.25, 0.3) is 5.91 Å². The van der Waals surface area contributed by atoms with Crippen LogP contribution in [0.15, 0.2) is 24.3 Å². The smallest absolute Gasteiger partial charge is 0.381 e. The number of benzene rings is 1. The number of carbonyl (C=O) groups is 1. The van der Waals surface area contributed by atoms with Crippen LogP contribution >= 0.6 is 0 Å². The maximum Gasteiger partial charge on any atom is 0.416 e. The van der Waals surface area contributed by atoms with E-state index >= 15 is 0 Å². The minimum absolute atomic E-state index is 0.0138. The van der Waals surface area contributed by atoms with E-state index in [4.69, 9.17) is 9.94 Å². The lowest BCUT2D eigenvalue weighted by Gasteiger charge is -2.42. The Kier molecular flexibility index (Phi) is 6.08. The number of anilines is 1. The first kappa shape index (κ1) is 21.8. The molecule has 162 valence electrons. The molecule has 29 heavy (non-hydrogen) atoms. The Hall–Kier alpha value is -1.89. The molecule has 8 nitrogen and oxygen atoms in total. The number of piperazine rings is 1. The van der Waals surface area contributed by atoms with Gasteiger partial charge in [0.15, 0.2) is 4.75 Å². The number of hydrogen-bond acceptors (Lipinski definition) is 6. The highest BCUT2D eigenvalue weighted by atomic mass is 32.2. The summed E-state index contributed by atoms with van der Waals surface area (Å²) in [6, 6.07) is 4.86. The van der Waals surface area contributed by atoms with Gasteiger partial charge in [0.2, 0.25) is 10.0 Å². The summed E-state index contributed by atoms with van der Waals surface area (Å²) in [4.78, 5) is 13.9. The summed E-state index contributed by atoms with van der Waals surface area (Å²) in [5.41, 5.74) is 1.04. The summed E-state index contributed by atoms with van der Waals surface area (Å²) >= 11 is 0. The number of nitrogens with one attached hydrogen (secondary N) is 1. The molecular formula is C17H22F3N3O5S. The molecule has 0 spiro atoms. The van der Waals surface area contributed by atoms with Crippen molar-refractivity contribution in [1.82, 2.24) is 9.79 Å². The number of amides is 1. The number of halogens is 3. The van der Waals surface area contributed by atoms with Crippen molar-refractivity contribution in [3.8, 4) is 0 Å². The second-order valence-electron chi connectivity index (χ2n) is 6.99. The molecule has 2 saturated heterocycles. The van der Waals surface area contributed by atoms with Crippen LogP contribution in [0.3, 0.4) is 0 Å². The zero-order valence-electron chi connectivity index (χ0n) is 15.5. The zero-order chi connectivity index (χ0) is 21.3. The SMILES string of the molecule is O=C(NO)C1(S(=O)(=O)N2CCN(c3cccc(C(F)(F)F)c3)CC2)CCOCC1. The van der Waals surface area contributed by atoms with Gasteiger partial charge < -0.3 is 9.64 Å². The van der Waals surface area contributed by atoms with Crippen molar-refractivity contribution in [1.29, 1.82) is 0 Å². The van der Waals surface area contributed by atoms with Crippen LogP contribution in [-0.2, 0) is 25.7 Å². The number of carbonyl (C=O) groups excluding carboxylic acids is 1. The fourth-order valence-electron chi connectivity index (χ4n) is 3.72. The van der Waals surface area contributed by atoms with Gasteiger partial charge in [0.05, 0.1) is 5.56 Å². The van der Waals surface area contributed by atoms with Crippen molar-refractivity contribution in [3.63, 3.8) is 0 Å². The summed E-state index contributed by atoms with van der Waals surface area (Å²) in [6.45, 7) is 0.509. The highest BCUT2D eigenvalue weighted by Crippen LogP contribution is 2.35. The maximum absolute atomic E-state index is 13.2. The molecule has 0 radical (unpaired) electrons. The molecule has 0 aromatic heterocycles. The number of ether oxygens (including phenoxy) is 1. The molecular weight excluding hydrogens is 415 g/mol. The van der Waals surface area contributed by atoms with Gasteiger partial charge in [-0.25, -0.2) is 13.9 Å². The van der Waals surface area contributed by atoms with Gasteiger partial charge in [-0.1, -0.05) is 6.07 Å². The monoisotopic (exact) mass is 437 g/mol. The molecule has 2 aliphatic heterocycles. The number of alkyl halides is 3. The molecule has 0 atom stereocenters. The number of hydrogen-bond donors (Lipinski definition) is 2. The van der Waals surface area contributed by atoms with Crippen LogP contribution in [0.25, 0.3) is 0 Å². The van der Waals surface area contributed by atoms with Crippen LogP contribution in [-0.4, -0.2) is 68.0 Å². The van der Waals surface area contributed by atoms with E-state index in [0.717, 1.165) is 16.4 Å². The van der Waals surface area contributed by atoms with Crippen LogP contribution in [0.5, 0.6) is 0 Å². The van der Waals surface area contributed by atoms with Crippen LogP contribution in [0.1, 0.15) is 18.4 Å². The van der Waals surface area contributed by atoms with Crippen molar-refractivity contribution in [2.24, 2.45) is 0 Å². The van der Waals surface area contributed by atoms with E-state index < -0.39 is 32.4 Å². The van der Waals surface area contributed by atoms with Gasteiger partial charge in [-0.15, -0.1) is 0 Å². The van der Waals surface area contributed by atoms with Gasteiger partial charge in [0.1, 0.15) is 0 Å². The van der Waals surface area contributed by atoms with Crippen molar-refractivity contribution < 1.29 is 36.3 Å². The van der Waals surface area contributed by atoms with E-state index in [2.05, 4.69) is 0 Å². The Morgan fingerprint density at radius 1 is 1.14 bits per heavy atom. The quantitative estimate of drug-likeness (QED) is 0.543. The molecule has 2 aliphatic rings. The Labute approximate surface area is 166 Å². The highest BCUT2D eigenvalue weighted by Gasteiger charge is 2.54. The summed E-state index contributed by atoms with van der Waals surface area (Å²) in [7, 11) is -4.12. The molecule has 12 heteroatoms. The molecule has 0 aliphatic carbocycles. The number of nitrogens with zero attached hydrogens (tertiary/aromatic N) is 2. The molecule has 0 unspecified atom stereocenters. The fourth-order valence-corrected chi connectivity index (χ4v) is 5.82. The third kappa shape index (κ3) is 4.06. The van der Waals surface area contributed by atoms with E-state index in [1.165, 1.54) is 11.5 Å². The van der Waals surface area contributed by atoms with Gasteiger partial charge >= 0.3 is 6.18 Å². The first-order valence-electron chi connectivity index (χ1n) is 9.06. The molecule has 2 heterocycles. The van der Waals surface area contributed by atoms with Gasteiger partial charge in [-0.05, 0) is 18.2 Å². The third-order valence-electron chi connectivity index (χ3n) is 5.43. The van der Waals surface area contributed by atoms with E-state index in [0.29, 0.717) is 5.69 Å². The number of rotatable bonds is 4. The summed E-state index contributed by atoms with van der Waals surface area (Å²) in [5.74, 6) is -0.999. The molecule has 1 amide bonds. The van der Waals surface area contributed by atoms with Gasteiger partial charge in [-0.2, -0.15) is 17.5 Å².